The van der Waals surface area contributed by atoms with Crippen molar-refractivity contribution in [2.45, 2.75) is 25.6 Å². The van der Waals surface area contributed by atoms with Gasteiger partial charge in [-0.3, -0.25) is 0 Å². The van der Waals surface area contributed by atoms with Crippen molar-refractivity contribution in [3.8, 4) is 0 Å². The minimum Gasteiger partial charge on any atom is -0.390 e. The molecule has 158 valence electrons. The molecule has 0 radical (unpaired) electrons. The summed E-state index contributed by atoms with van der Waals surface area (Å²) in [5, 5.41) is 7.06. The molecule has 1 heterocycles. The van der Waals surface area contributed by atoms with Crippen LogP contribution in [0, 0.1) is 5.82 Å². The monoisotopic (exact) mass is 417 g/mol. The predicted molar refractivity (Wildman–Crippen MR) is 118 cm³/mol. The normalized spacial score (nSPS) is 15.1. The maximum Gasteiger partial charge on any atom is 0.318 e. The number of halogens is 1. The van der Waals surface area contributed by atoms with Gasteiger partial charge in [0.05, 0.1) is 12.3 Å². The van der Waals surface area contributed by atoms with Crippen molar-refractivity contribution in [2.24, 2.45) is 5.16 Å². The largest absolute Gasteiger partial charge is 0.390 e. The summed E-state index contributed by atoms with van der Waals surface area (Å²) in [6.07, 6.45) is 0.110. The number of amides is 2. The summed E-state index contributed by atoms with van der Waals surface area (Å²) < 4.78 is 14.1. The molecule has 2 amide bonds. The van der Waals surface area contributed by atoms with E-state index in [1.807, 2.05) is 60.7 Å². The number of hydrogen-bond donors (Lipinski definition) is 1. The van der Waals surface area contributed by atoms with Gasteiger partial charge in [-0.05, 0) is 17.2 Å². The zero-order chi connectivity index (χ0) is 21.5. The van der Waals surface area contributed by atoms with Crippen LogP contribution in [0.3, 0.4) is 0 Å². The van der Waals surface area contributed by atoms with E-state index in [9.17, 15) is 9.18 Å². The summed E-state index contributed by atoms with van der Waals surface area (Å²) in [6, 6.07) is 25.9. The molecule has 5 nitrogen and oxygen atoms in total. The molecule has 0 spiro atoms. The fourth-order valence-corrected chi connectivity index (χ4v) is 3.53. The Bertz CT molecular complexity index is 1040. The van der Waals surface area contributed by atoms with Crippen LogP contribution in [0.2, 0.25) is 0 Å². The number of carbonyl (C=O) groups is 1. The van der Waals surface area contributed by atoms with Crippen LogP contribution in [0.5, 0.6) is 0 Å². The van der Waals surface area contributed by atoms with Gasteiger partial charge < -0.3 is 15.1 Å². The lowest BCUT2D eigenvalue weighted by atomic mass is 10.0. The zero-order valence-electron chi connectivity index (χ0n) is 17.1. The maximum absolute atomic E-state index is 14.1. The first-order chi connectivity index (χ1) is 15.2. The van der Waals surface area contributed by atoms with Crippen LogP contribution in [0.25, 0.3) is 0 Å². The van der Waals surface area contributed by atoms with Gasteiger partial charge in [0.15, 0.2) is 6.10 Å². The van der Waals surface area contributed by atoms with Crippen LogP contribution in [0.15, 0.2) is 90.1 Å². The number of nitrogens with zero attached hydrogens (tertiary/aromatic N) is 2. The van der Waals surface area contributed by atoms with Crippen molar-refractivity contribution in [1.29, 1.82) is 0 Å². The third-order valence-corrected chi connectivity index (χ3v) is 5.13. The topological polar surface area (TPSA) is 53.9 Å². The Hall–Kier alpha value is -3.67. The Morgan fingerprint density at radius 2 is 1.61 bits per heavy atom. The second kappa shape index (κ2) is 9.89. The van der Waals surface area contributed by atoms with Crippen molar-refractivity contribution in [3.63, 3.8) is 0 Å². The molecule has 3 aromatic rings. The number of oxime groups is 1. The van der Waals surface area contributed by atoms with E-state index in [4.69, 9.17) is 4.84 Å². The summed E-state index contributed by atoms with van der Waals surface area (Å²) in [4.78, 5) is 20.2. The lowest BCUT2D eigenvalue weighted by molar-refractivity contribution is 0.0589. The zero-order valence-corrected chi connectivity index (χ0v) is 17.1. The molecule has 4 rings (SSSR count). The molecule has 1 unspecified atom stereocenters. The number of carbonyl (C=O) groups excluding carboxylic acids is 1. The van der Waals surface area contributed by atoms with Gasteiger partial charge in [-0.25, -0.2) is 9.18 Å². The number of hydrogen-bond acceptors (Lipinski definition) is 3. The average Bonchev–Trinajstić information content (AvgIpc) is 3.27. The fourth-order valence-electron chi connectivity index (χ4n) is 3.53. The first-order valence-corrected chi connectivity index (χ1v) is 10.3. The van der Waals surface area contributed by atoms with Crippen LogP contribution in [0.1, 0.15) is 23.1 Å². The van der Waals surface area contributed by atoms with Crippen LogP contribution in [-0.4, -0.2) is 29.3 Å². The van der Waals surface area contributed by atoms with E-state index in [2.05, 4.69) is 10.5 Å². The smallest absolute Gasteiger partial charge is 0.318 e. The molecule has 1 aliphatic heterocycles. The molecular weight excluding hydrogens is 393 g/mol. The molecule has 31 heavy (non-hydrogen) atoms. The first kappa shape index (κ1) is 20.6. The van der Waals surface area contributed by atoms with E-state index < -0.39 is 0 Å². The molecule has 6 heteroatoms. The van der Waals surface area contributed by atoms with Gasteiger partial charge in [0.1, 0.15) is 5.82 Å². The van der Waals surface area contributed by atoms with Crippen molar-refractivity contribution in [1.82, 2.24) is 10.2 Å². The van der Waals surface area contributed by atoms with E-state index >= 15 is 0 Å². The van der Waals surface area contributed by atoms with E-state index in [0.717, 1.165) is 11.1 Å². The Balaban J connectivity index is 1.42. The van der Waals surface area contributed by atoms with Crippen molar-refractivity contribution < 1.29 is 14.0 Å². The average molecular weight is 417 g/mol. The summed E-state index contributed by atoms with van der Waals surface area (Å²) in [7, 11) is 0. The second-order valence-electron chi connectivity index (χ2n) is 7.46. The Kier molecular flexibility index (Phi) is 6.57. The van der Waals surface area contributed by atoms with E-state index in [1.165, 1.54) is 6.07 Å². The minimum atomic E-state index is -0.333. The molecule has 0 saturated carbocycles. The number of urea groups is 1. The highest BCUT2D eigenvalue weighted by Crippen LogP contribution is 2.20. The molecule has 1 aliphatic rings. The third kappa shape index (κ3) is 5.48. The summed E-state index contributed by atoms with van der Waals surface area (Å²) in [5.74, 6) is -0.327. The van der Waals surface area contributed by atoms with Gasteiger partial charge in [0, 0.05) is 25.1 Å². The van der Waals surface area contributed by atoms with E-state index in [1.54, 1.807) is 23.1 Å². The van der Waals surface area contributed by atoms with Crippen molar-refractivity contribution in [2.75, 3.05) is 6.54 Å². The molecule has 0 aliphatic carbocycles. The molecule has 0 aromatic heterocycles. The maximum atomic E-state index is 14.1. The van der Waals surface area contributed by atoms with Crippen LogP contribution in [0.4, 0.5) is 9.18 Å². The summed E-state index contributed by atoms with van der Waals surface area (Å²) in [6.45, 7) is 1.22. The van der Waals surface area contributed by atoms with Gasteiger partial charge in [0.2, 0.25) is 0 Å². The molecule has 0 bridgehead atoms. The number of benzene rings is 3. The lowest BCUT2D eigenvalue weighted by Crippen LogP contribution is -2.43. The molecule has 0 saturated heterocycles. The standard InChI is InChI=1S/C25H24FN3O2/c26-23-14-8-7-13-22(23)24-15-21(31-28-24)18-29(17-20-11-5-2-6-12-20)25(30)27-16-19-9-3-1-4-10-19/h1-14,21H,15-18H2,(H,27,30). The third-order valence-electron chi connectivity index (χ3n) is 5.13. The minimum absolute atomic E-state index is 0.185. The summed E-state index contributed by atoms with van der Waals surface area (Å²) >= 11 is 0. The van der Waals surface area contributed by atoms with Gasteiger partial charge in [-0.1, -0.05) is 84.0 Å². The van der Waals surface area contributed by atoms with E-state index in [0.29, 0.717) is 37.3 Å². The van der Waals surface area contributed by atoms with Crippen molar-refractivity contribution >= 4 is 11.7 Å². The molecule has 1 atom stereocenters. The highest BCUT2D eigenvalue weighted by molar-refractivity contribution is 6.01. The Morgan fingerprint density at radius 1 is 0.968 bits per heavy atom. The van der Waals surface area contributed by atoms with Gasteiger partial charge in [-0.15, -0.1) is 0 Å². The number of rotatable bonds is 7. The molecule has 0 fully saturated rings. The van der Waals surface area contributed by atoms with Crippen LogP contribution in [-0.2, 0) is 17.9 Å². The quantitative estimate of drug-likeness (QED) is 0.604. The second-order valence-corrected chi connectivity index (χ2v) is 7.46. The molecule has 3 aromatic carbocycles. The Labute approximate surface area is 181 Å². The van der Waals surface area contributed by atoms with Crippen molar-refractivity contribution in [3.05, 3.63) is 107 Å². The van der Waals surface area contributed by atoms with E-state index in [-0.39, 0.29) is 18.0 Å². The molecular formula is C25H24FN3O2. The van der Waals surface area contributed by atoms with Crippen LogP contribution >= 0.6 is 0 Å². The summed E-state index contributed by atoms with van der Waals surface area (Å²) in [5.41, 5.74) is 3.05. The first-order valence-electron chi connectivity index (χ1n) is 10.3. The number of nitrogens with one attached hydrogen (secondary N) is 1. The fraction of sp³-hybridized carbons (Fsp3) is 0.200. The predicted octanol–water partition coefficient (Wildman–Crippen LogP) is 4.73. The van der Waals surface area contributed by atoms with Gasteiger partial charge in [0.25, 0.3) is 0 Å². The Morgan fingerprint density at radius 3 is 2.32 bits per heavy atom. The SMILES string of the molecule is O=C(NCc1ccccc1)N(Cc1ccccc1)CC1CC(c2ccccc2F)=NO1. The highest BCUT2D eigenvalue weighted by atomic mass is 19.1. The highest BCUT2D eigenvalue weighted by Gasteiger charge is 2.28. The van der Waals surface area contributed by atoms with Gasteiger partial charge >= 0.3 is 6.03 Å². The van der Waals surface area contributed by atoms with Crippen LogP contribution < -0.4 is 5.32 Å². The van der Waals surface area contributed by atoms with Gasteiger partial charge in [-0.2, -0.15) is 0 Å². The lowest BCUT2D eigenvalue weighted by Gasteiger charge is -2.25. The molecule has 1 N–H and O–H groups in total.